The van der Waals surface area contributed by atoms with Crippen molar-refractivity contribution in [2.45, 2.75) is 25.8 Å². The van der Waals surface area contributed by atoms with Gasteiger partial charge in [0.05, 0.1) is 24.4 Å². The third kappa shape index (κ3) is 4.91. The van der Waals surface area contributed by atoms with Crippen molar-refractivity contribution >= 4 is 5.69 Å². The Morgan fingerprint density at radius 3 is 2.34 bits per heavy atom. The maximum atomic E-state index is 5.94. The smallest absolute Gasteiger partial charge is 0.184 e. The molecule has 4 aromatic rings. The molecule has 164 valence electrons. The van der Waals surface area contributed by atoms with Crippen LogP contribution in [0.25, 0.3) is 11.4 Å². The van der Waals surface area contributed by atoms with Gasteiger partial charge >= 0.3 is 0 Å². The molecule has 0 aliphatic carbocycles. The third-order valence-electron chi connectivity index (χ3n) is 5.23. The molecule has 0 spiro atoms. The highest BCUT2D eigenvalue weighted by molar-refractivity contribution is 5.74. The van der Waals surface area contributed by atoms with Crippen molar-refractivity contribution in [1.82, 2.24) is 14.8 Å². The maximum Gasteiger partial charge on any atom is 0.184 e. The van der Waals surface area contributed by atoms with Gasteiger partial charge in [0, 0.05) is 7.05 Å². The molecule has 1 atom stereocenters. The van der Waals surface area contributed by atoms with Crippen LogP contribution in [0.2, 0.25) is 0 Å². The number of rotatable bonds is 9. The normalized spacial score (nSPS) is 11.7. The largest absolute Gasteiger partial charge is 0.494 e. The molecule has 0 saturated heterocycles. The van der Waals surface area contributed by atoms with Gasteiger partial charge in [-0.2, -0.15) is 5.10 Å². The molecule has 1 unspecified atom stereocenters. The fourth-order valence-corrected chi connectivity index (χ4v) is 3.70. The number of hydrogen-bond acceptors (Lipinski definition) is 5. The molecule has 0 fully saturated rings. The van der Waals surface area contributed by atoms with Crippen LogP contribution in [0.15, 0.2) is 79.1 Å². The minimum atomic E-state index is 0.131. The first-order chi connectivity index (χ1) is 15.7. The second-order valence-electron chi connectivity index (χ2n) is 7.60. The number of methoxy groups -OCH3 is 1. The zero-order valence-electron chi connectivity index (χ0n) is 18.7. The van der Waals surface area contributed by atoms with Gasteiger partial charge in [-0.3, -0.25) is 4.68 Å². The molecule has 0 radical (unpaired) electrons. The van der Waals surface area contributed by atoms with Crippen molar-refractivity contribution in [3.63, 3.8) is 0 Å². The average molecular weight is 429 g/mol. The monoisotopic (exact) mass is 428 g/mol. The Morgan fingerprint density at radius 1 is 0.938 bits per heavy atom. The second-order valence-corrected chi connectivity index (χ2v) is 7.60. The number of anilines is 1. The second kappa shape index (κ2) is 10.0. The van der Waals surface area contributed by atoms with Gasteiger partial charge in [-0.25, -0.2) is 4.98 Å². The van der Waals surface area contributed by atoms with E-state index in [1.165, 1.54) is 5.56 Å². The quantitative estimate of drug-likeness (QED) is 0.342. The molecule has 1 N–H and O–H groups in total. The molecule has 1 aromatic heterocycles. The van der Waals surface area contributed by atoms with E-state index < -0.39 is 0 Å². The van der Waals surface area contributed by atoms with E-state index in [9.17, 15) is 0 Å². The van der Waals surface area contributed by atoms with E-state index in [-0.39, 0.29) is 6.04 Å². The van der Waals surface area contributed by atoms with Crippen molar-refractivity contribution in [3.8, 4) is 28.6 Å². The van der Waals surface area contributed by atoms with Gasteiger partial charge < -0.3 is 14.8 Å². The Hall–Kier alpha value is -3.80. The molecule has 6 heteroatoms. The molecule has 3 aromatic carbocycles. The van der Waals surface area contributed by atoms with Gasteiger partial charge in [-0.15, -0.1) is 0 Å². The standard InChI is InChI=1S/C26H28N4O2/c1-4-9-23(19-14-16-21(17-15-19)32-20-10-6-5-7-11-20)28-24-13-8-12-22(25(24)31-3)26-27-18-30(2)29-26/h5-8,10-18,23,28H,4,9H2,1-3H3. The first-order valence-electron chi connectivity index (χ1n) is 10.8. The number of ether oxygens (including phenoxy) is 2. The maximum absolute atomic E-state index is 5.94. The third-order valence-corrected chi connectivity index (χ3v) is 5.23. The van der Waals surface area contributed by atoms with E-state index in [2.05, 4.69) is 34.5 Å². The number of hydrogen-bond donors (Lipinski definition) is 1. The van der Waals surface area contributed by atoms with Gasteiger partial charge in [0.2, 0.25) is 0 Å². The number of nitrogens with zero attached hydrogens (tertiary/aromatic N) is 3. The van der Waals surface area contributed by atoms with Crippen LogP contribution in [-0.2, 0) is 7.05 Å². The molecule has 0 bridgehead atoms. The number of para-hydroxylation sites is 2. The zero-order valence-corrected chi connectivity index (χ0v) is 18.7. The average Bonchev–Trinajstić information content (AvgIpc) is 3.26. The molecule has 1 heterocycles. The topological polar surface area (TPSA) is 61.2 Å². The van der Waals surface area contributed by atoms with E-state index in [4.69, 9.17) is 9.47 Å². The Kier molecular flexibility index (Phi) is 6.70. The Balaban J connectivity index is 1.57. The predicted molar refractivity (Wildman–Crippen MR) is 127 cm³/mol. The Labute approximate surface area is 188 Å². The van der Waals surface area contributed by atoms with E-state index in [0.717, 1.165) is 41.3 Å². The van der Waals surface area contributed by atoms with Crippen molar-refractivity contribution in [1.29, 1.82) is 0 Å². The highest BCUT2D eigenvalue weighted by atomic mass is 16.5. The highest BCUT2D eigenvalue weighted by Gasteiger charge is 2.18. The van der Waals surface area contributed by atoms with Crippen LogP contribution in [0.4, 0.5) is 5.69 Å². The minimum Gasteiger partial charge on any atom is -0.494 e. The van der Waals surface area contributed by atoms with Crippen LogP contribution in [0, 0.1) is 0 Å². The van der Waals surface area contributed by atoms with E-state index in [1.807, 2.05) is 67.7 Å². The summed E-state index contributed by atoms with van der Waals surface area (Å²) < 4.78 is 13.4. The summed E-state index contributed by atoms with van der Waals surface area (Å²) in [5, 5.41) is 8.11. The molecule has 0 saturated carbocycles. The van der Waals surface area contributed by atoms with Gasteiger partial charge in [-0.05, 0) is 48.4 Å². The van der Waals surface area contributed by atoms with E-state index in [1.54, 1.807) is 18.1 Å². The number of aromatic nitrogens is 3. The lowest BCUT2D eigenvalue weighted by molar-refractivity contribution is 0.417. The van der Waals surface area contributed by atoms with Crippen LogP contribution in [0.5, 0.6) is 17.2 Å². The summed E-state index contributed by atoms with van der Waals surface area (Å²) >= 11 is 0. The molecule has 0 aliphatic heterocycles. The first kappa shape index (κ1) is 21.4. The van der Waals surface area contributed by atoms with Crippen LogP contribution < -0.4 is 14.8 Å². The van der Waals surface area contributed by atoms with Crippen molar-refractivity contribution in [2.75, 3.05) is 12.4 Å². The predicted octanol–water partition coefficient (Wildman–Crippen LogP) is 6.24. The summed E-state index contributed by atoms with van der Waals surface area (Å²) in [4.78, 5) is 4.38. The summed E-state index contributed by atoms with van der Waals surface area (Å²) in [6, 6.07) is 24.2. The van der Waals surface area contributed by atoms with Crippen molar-refractivity contribution in [2.24, 2.45) is 7.05 Å². The molecule has 32 heavy (non-hydrogen) atoms. The zero-order chi connectivity index (χ0) is 22.3. The van der Waals surface area contributed by atoms with Gasteiger partial charge in [-0.1, -0.05) is 49.7 Å². The van der Waals surface area contributed by atoms with Crippen LogP contribution in [0.1, 0.15) is 31.4 Å². The van der Waals surface area contributed by atoms with Crippen molar-refractivity contribution < 1.29 is 9.47 Å². The fourth-order valence-electron chi connectivity index (χ4n) is 3.70. The SMILES string of the molecule is CCCC(Nc1cccc(-c2ncn(C)n2)c1OC)c1ccc(Oc2ccccc2)cc1. The van der Waals surface area contributed by atoms with Gasteiger partial charge in [0.1, 0.15) is 17.8 Å². The molecule has 4 rings (SSSR count). The molecule has 0 aliphatic rings. The van der Waals surface area contributed by atoms with Crippen LogP contribution >= 0.6 is 0 Å². The number of benzene rings is 3. The summed E-state index contributed by atoms with van der Waals surface area (Å²) in [6.07, 6.45) is 3.71. The van der Waals surface area contributed by atoms with Gasteiger partial charge in [0.15, 0.2) is 11.6 Å². The number of nitrogens with one attached hydrogen (secondary N) is 1. The summed E-state index contributed by atoms with van der Waals surface area (Å²) in [5.74, 6) is 3.02. The van der Waals surface area contributed by atoms with Crippen LogP contribution in [0.3, 0.4) is 0 Å². The minimum absolute atomic E-state index is 0.131. The lowest BCUT2D eigenvalue weighted by Crippen LogP contribution is -2.11. The lowest BCUT2D eigenvalue weighted by Gasteiger charge is -2.22. The van der Waals surface area contributed by atoms with E-state index >= 15 is 0 Å². The van der Waals surface area contributed by atoms with Gasteiger partial charge in [0.25, 0.3) is 0 Å². The Morgan fingerprint density at radius 2 is 1.69 bits per heavy atom. The highest BCUT2D eigenvalue weighted by Crippen LogP contribution is 2.37. The first-order valence-corrected chi connectivity index (χ1v) is 10.8. The summed E-state index contributed by atoms with van der Waals surface area (Å²) in [7, 11) is 3.53. The fraction of sp³-hybridized carbons (Fsp3) is 0.231. The number of aryl methyl sites for hydroxylation is 1. The Bertz CT molecular complexity index is 1140. The molecule has 0 amide bonds. The lowest BCUT2D eigenvalue weighted by atomic mass is 10.0. The summed E-state index contributed by atoms with van der Waals surface area (Å²) in [5.41, 5.74) is 2.97. The van der Waals surface area contributed by atoms with E-state index in [0.29, 0.717) is 5.82 Å². The molecular formula is C26H28N4O2. The van der Waals surface area contributed by atoms with Crippen LogP contribution in [-0.4, -0.2) is 21.9 Å². The van der Waals surface area contributed by atoms with Crippen molar-refractivity contribution in [3.05, 3.63) is 84.7 Å². The molecular weight excluding hydrogens is 400 g/mol. The molecule has 6 nitrogen and oxygen atoms in total. The summed E-state index contributed by atoms with van der Waals surface area (Å²) in [6.45, 7) is 2.19.